The van der Waals surface area contributed by atoms with E-state index in [1.807, 2.05) is 16.7 Å². The van der Waals surface area contributed by atoms with Gasteiger partial charge in [-0.1, -0.05) is 20.4 Å². The van der Waals surface area contributed by atoms with Crippen LogP contribution < -0.4 is 5.32 Å². The van der Waals surface area contributed by atoms with Crippen molar-refractivity contribution < 1.29 is 27.4 Å². The van der Waals surface area contributed by atoms with Crippen molar-refractivity contribution in [1.29, 1.82) is 0 Å². The van der Waals surface area contributed by atoms with E-state index in [-0.39, 0.29) is 30.0 Å². The van der Waals surface area contributed by atoms with Gasteiger partial charge in [0.2, 0.25) is 5.91 Å². The monoisotopic (exact) mass is 501 g/mol. The predicted molar refractivity (Wildman–Crippen MR) is 130 cm³/mol. The average Bonchev–Trinajstić information content (AvgIpc) is 3.25. The predicted octanol–water partition coefficient (Wildman–Crippen LogP) is 4.13. The Morgan fingerprint density at radius 1 is 1.23 bits per heavy atom. The van der Waals surface area contributed by atoms with E-state index in [9.17, 15) is 18.0 Å². The Bertz CT molecular complexity index is 776. The van der Waals surface area contributed by atoms with E-state index in [0.717, 1.165) is 45.3 Å². The van der Waals surface area contributed by atoms with Crippen LogP contribution in [0.1, 0.15) is 53.4 Å². The standard InChI is InChI=1S/C26H42F3N3O3/c1-6-35-23-17-34-14-8-22(23)30-21-7-9-25(16-21,18(2)3)24(33)32-12-10-31(11-13-32)20(5)15-19(4)26(27,28)29/h15,18,21-23,30H,5-14,16-17H2,1-4H3/b19-15+/t21-,22?,23?,25+/m1/s1. The van der Waals surface area contributed by atoms with Gasteiger partial charge >= 0.3 is 6.18 Å². The van der Waals surface area contributed by atoms with E-state index in [2.05, 4.69) is 25.7 Å². The van der Waals surface area contributed by atoms with Crippen molar-refractivity contribution in [3.63, 3.8) is 0 Å². The number of ether oxygens (including phenoxy) is 2. The molecule has 2 saturated heterocycles. The lowest BCUT2D eigenvalue weighted by molar-refractivity contribution is -0.146. The molecule has 2 heterocycles. The molecule has 0 aromatic heterocycles. The highest BCUT2D eigenvalue weighted by Gasteiger charge is 2.50. The summed E-state index contributed by atoms with van der Waals surface area (Å²) >= 11 is 0. The molecular formula is C26H42F3N3O3. The fourth-order valence-corrected chi connectivity index (χ4v) is 5.70. The zero-order valence-electron chi connectivity index (χ0n) is 21.6. The minimum atomic E-state index is -4.36. The van der Waals surface area contributed by atoms with Crippen LogP contribution in [-0.4, -0.2) is 86.1 Å². The third-order valence-electron chi connectivity index (χ3n) is 8.02. The van der Waals surface area contributed by atoms with Gasteiger partial charge in [0.05, 0.1) is 18.1 Å². The molecule has 35 heavy (non-hydrogen) atoms. The van der Waals surface area contributed by atoms with Crippen molar-refractivity contribution in [3.05, 3.63) is 23.9 Å². The van der Waals surface area contributed by atoms with Gasteiger partial charge in [-0.05, 0) is 51.5 Å². The Hall–Kier alpha value is -1.58. The molecule has 0 spiro atoms. The first-order valence-corrected chi connectivity index (χ1v) is 12.9. The van der Waals surface area contributed by atoms with Gasteiger partial charge in [0.1, 0.15) is 0 Å². The van der Waals surface area contributed by atoms with Crippen molar-refractivity contribution in [2.75, 3.05) is 46.0 Å². The van der Waals surface area contributed by atoms with E-state index in [1.54, 1.807) is 0 Å². The van der Waals surface area contributed by atoms with E-state index >= 15 is 0 Å². The average molecular weight is 502 g/mol. The Kier molecular flexibility index (Phi) is 9.32. The van der Waals surface area contributed by atoms with Crippen LogP contribution in [0.3, 0.4) is 0 Å². The zero-order chi connectivity index (χ0) is 25.8. The van der Waals surface area contributed by atoms with E-state index in [4.69, 9.17) is 9.47 Å². The van der Waals surface area contributed by atoms with E-state index < -0.39 is 17.2 Å². The number of rotatable bonds is 8. The second kappa shape index (κ2) is 11.6. The van der Waals surface area contributed by atoms with Gasteiger partial charge in [0, 0.05) is 62.7 Å². The first-order valence-electron chi connectivity index (χ1n) is 12.9. The summed E-state index contributed by atoms with van der Waals surface area (Å²) in [6, 6.07) is 0.485. The molecule has 200 valence electrons. The lowest BCUT2D eigenvalue weighted by Gasteiger charge is -2.42. The Labute approximate surface area is 207 Å². The Morgan fingerprint density at radius 2 is 1.89 bits per heavy atom. The Balaban J connectivity index is 1.60. The topological polar surface area (TPSA) is 54.0 Å². The molecule has 3 aliphatic rings. The van der Waals surface area contributed by atoms with Gasteiger partial charge < -0.3 is 24.6 Å². The number of nitrogens with one attached hydrogen (secondary N) is 1. The molecule has 0 radical (unpaired) electrons. The zero-order valence-corrected chi connectivity index (χ0v) is 21.6. The number of nitrogens with zero attached hydrogens (tertiary/aromatic N) is 2. The first-order chi connectivity index (χ1) is 16.5. The number of allylic oxidation sites excluding steroid dienone is 2. The van der Waals surface area contributed by atoms with Crippen LogP contribution in [0.2, 0.25) is 0 Å². The van der Waals surface area contributed by atoms with Crippen LogP contribution in [0.4, 0.5) is 13.2 Å². The summed E-state index contributed by atoms with van der Waals surface area (Å²) < 4.78 is 50.1. The van der Waals surface area contributed by atoms with Crippen LogP contribution in [0.15, 0.2) is 23.9 Å². The summed E-state index contributed by atoms with van der Waals surface area (Å²) in [6.07, 6.45) is 0.243. The fraction of sp³-hybridized carbons (Fsp3) is 0.808. The maximum Gasteiger partial charge on any atom is 0.412 e. The van der Waals surface area contributed by atoms with Gasteiger partial charge in [-0.25, -0.2) is 0 Å². The fourth-order valence-electron chi connectivity index (χ4n) is 5.70. The summed E-state index contributed by atoms with van der Waals surface area (Å²) in [5.74, 6) is 0.377. The molecule has 9 heteroatoms. The number of halogens is 3. The smallest absolute Gasteiger partial charge is 0.379 e. The molecule has 2 unspecified atom stereocenters. The lowest BCUT2D eigenvalue weighted by Crippen LogP contribution is -2.54. The second-order valence-electron chi connectivity index (χ2n) is 10.5. The molecular weight excluding hydrogens is 459 g/mol. The largest absolute Gasteiger partial charge is 0.412 e. The molecule has 3 fully saturated rings. The quantitative estimate of drug-likeness (QED) is 0.507. The Morgan fingerprint density at radius 3 is 2.49 bits per heavy atom. The van der Waals surface area contributed by atoms with E-state index in [1.165, 1.54) is 0 Å². The summed E-state index contributed by atoms with van der Waals surface area (Å²) in [5.41, 5.74) is -0.744. The lowest BCUT2D eigenvalue weighted by atomic mass is 9.74. The van der Waals surface area contributed by atoms with Gasteiger partial charge in [0.25, 0.3) is 0 Å². The maximum absolute atomic E-state index is 13.8. The molecule has 1 amide bonds. The molecule has 0 aromatic rings. The van der Waals surface area contributed by atoms with Crippen molar-refractivity contribution in [2.45, 2.75) is 77.7 Å². The van der Waals surface area contributed by atoms with Crippen LogP contribution in [-0.2, 0) is 14.3 Å². The number of hydrogen-bond donors (Lipinski definition) is 1. The van der Waals surface area contributed by atoms with Crippen LogP contribution in [0.5, 0.6) is 0 Å². The minimum absolute atomic E-state index is 0.0368. The third-order valence-corrected chi connectivity index (χ3v) is 8.02. The SMILES string of the molecule is C=C(/C=C(\C)C(F)(F)F)N1CCN(C(=O)[C@@]2(C(C)C)CC[C@@H](NC3CCOCC3OCC)C2)CC1. The number of amides is 1. The highest BCUT2D eigenvalue weighted by atomic mass is 19.4. The molecule has 0 aromatic carbocycles. The number of carbonyl (C=O) groups is 1. The minimum Gasteiger partial charge on any atom is -0.379 e. The normalized spacial score (nSPS) is 30.7. The van der Waals surface area contributed by atoms with Crippen LogP contribution >= 0.6 is 0 Å². The third kappa shape index (κ3) is 6.60. The van der Waals surface area contributed by atoms with Gasteiger partial charge in [-0.3, -0.25) is 4.79 Å². The van der Waals surface area contributed by atoms with Crippen LogP contribution in [0, 0.1) is 11.3 Å². The van der Waals surface area contributed by atoms with Crippen molar-refractivity contribution in [3.8, 4) is 0 Å². The van der Waals surface area contributed by atoms with Crippen molar-refractivity contribution >= 4 is 5.91 Å². The molecule has 4 atom stereocenters. The number of carbonyl (C=O) groups excluding carboxylic acids is 1. The van der Waals surface area contributed by atoms with Crippen molar-refractivity contribution in [1.82, 2.24) is 15.1 Å². The summed E-state index contributed by atoms with van der Waals surface area (Å²) in [5, 5.41) is 3.78. The molecule has 0 bridgehead atoms. The molecule has 2 aliphatic heterocycles. The number of alkyl halides is 3. The molecule has 6 nitrogen and oxygen atoms in total. The number of hydrogen-bond acceptors (Lipinski definition) is 5. The van der Waals surface area contributed by atoms with Crippen molar-refractivity contribution in [2.24, 2.45) is 11.3 Å². The second-order valence-corrected chi connectivity index (χ2v) is 10.5. The van der Waals surface area contributed by atoms with Gasteiger partial charge in [-0.15, -0.1) is 0 Å². The highest BCUT2D eigenvalue weighted by molar-refractivity contribution is 5.83. The highest BCUT2D eigenvalue weighted by Crippen LogP contribution is 2.46. The van der Waals surface area contributed by atoms with E-state index in [0.29, 0.717) is 45.1 Å². The molecule has 1 saturated carbocycles. The summed E-state index contributed by atoms with van der Waals surface area (Å²) in [4.78, 5) is 17.5. The molecule has 3 rings (SSSR count). The summed E-state index contributed by atoms with van der Waals surface area (Å²) in [6.45, 7) is 15.0. The molecule has 1 aliphatic carbocycles. The number of piperazine rings is 1. The van der Waals surface area contributed by atoms with Gasteiger partial charge in [0.15, 0.2) is 0 Å². The van der Waals surface area contributed by atoms with Crippen LogP contribution in [0.25, 0.3) is 0 Å². The maximum atomic E-state index is 13.8. The molecule has 1 N–H and O–H groups in total. The summed E-state index contributed by atoms with van der Waals surface area (Å²) in [7, 11) is 0. The first kappa shape index (κ1) is 28.0. The van der Waals surface area contributed by atoms with Gasteiger partial charge in [-0.2, -0.15) is 13.2 Å².